The number of carbonyl (C=O) groups excluding carboxylic acids is 1. The number of rotatable bonds is 7. The van der Waals surface area contributed by atoms with Crippen LogP contribution in [0.25, 0.3) is 0 Å². The van der Waals surface area contributed by atoms with Gasteiger partial charge in [0.1, 0.15) is 16.4 Å². The van der Waals surface area contributed by atoms with Crippen LogP contribution in [0.15, 0.2) is 47.4 Å². The average Bonchev–Trinajstić information content (AvgIpc) is 2.65. The number of hydrogen-bond donors (Lipinski definition) is 1. The Bertz CT molecular complexity index is 894. The normalized spacial score (nSPS) is 11.3. The first-order valence-corrected chi connectivity index (χ1v) is 9.26. The van der Waals surface area contributed by atoms with Crippen molar-refractivity contribution in [3.05, 3.63) is 53.6 Å². The third-order valence-corrected chi connectivity index (χ3v) is 5.65. The lowest BCUT2D eigenvalue weighted by molar-refractivity contribution is 0.0950. The van der Waals surface area contributed by atoms with Crippen LogP contribution in [-0.2, 0) is 16.6 Å². The van der Waals surface area contributed by atoms with E-state index in [0.29, 0.717) is 5.75 Å². The van der Waals surface area contributed by atoms with E-state index in [4.69, 9.17) is 9.47 Å². The molecule has 26 heavy (non-hydrogen) atoms. The lowest BCUT2D eigenvalue weighted by atomic mass is 10.1. The van der Waals surface area contributed by atoms with Gasteiger partial charge in [-0.25, -0.2) is 12.7 Å². The Hall–Kier alpha value is -2.58. The van der Waals surface area contributed by atoms with Gasteiger partial charge in [-0.15, -0.1) is 0 Å². The number of carbonyl (C=O) groups is 1. The molecule has 7 nitrogen and oxygen atoms in total. The van der Waals surface area contributed by atoms with Crippen molar-refractivity contribution in [2.24, 2.45) is 0 Å². The van der Waals surface area contributed by atoms with Gasteiger partial charge in [0.15, 0.2) is 0 Å². The second-order valence-electron chi connectivity index (χ2n) is 5.65. The molecule has 0 heterocycles. The van der Waals surface area contributed by atoms with E-state index in [0.717, 1.165) is 9.87 Å². The molecule has 0 aliphatic carbocycles. The second-order valence-corrected chi connectivity index (χ2v) is 7.77. The summed E-state index contributed by atoms with van der Waals surface area (Å²) in [7, 11) is 2.03. The standard InChI is InChI=1S/C18H22N2O5S/c1-20(2)26(22,23)17-11-13(9-10-16(17)25-4)18(21)19-12-14-7-5-6-8-15(14)24-3/h5-11H,12H2,1-4H3,(H,19,21). The average molecular weight is 378 g/mol. The molecule has 2 rings (SSSR count). The van der Waals surface area contributed by atoms with Gasteiger partial charge in [0.25, 0.3) is 5.91 Å². The van der Waals surface area contributed by atoms with Crippen molar-refractivity contribution in [2.45, 2.75) is 11.4 Å². The molecule has 0 aliphatic rings. The zero-order valence-corrected chi connectivity index (χ0v) is 16.0. The molecule has 2 aromatic carbocycles. The van der Waals surface area contributed by atoms with Crippen molar-refractivity contribution in [3.63, 3.8) is 0 Å². The number of para-hydroxylation sites is 1. The Kier molecular flexibility index (Phi) is 6.23. The maximum Gasteiger partial charge on any atom is 0.251 e. The predicted octanol–water partition coefficient (Wildman–Crippen LogP) is 1.88. The van der Waals surface area contributed by atoms with E-state index in [1.54, 1.807) is 13.2 Å². The summed E-state index contributed by atoms with van der Waals surface area (Å²) in [5.74, 6) is 0.451. The number of sulfonamides is 1. The summed E-state index contributed by atoms with van der Waals surface area (Å²) in [5, 5.41) is 2.77. The van der Waals surface area contributed by atoms with Crippen LogP contribution in [0.3, 0.4) is 0 Å². The summed E-state index contributed by atoms with van der Waals surface area (Å²) in [4.78, 5) is 12.4. The molecule has 0 aromatic heterocycles. The second kappa shape index (κ2) is 8.20. The van der Waals surface area contributed by atoms with Crippen LogP contribution in [0.5, 0.6) is 11.5 Å². The molecule has 0 fully saturated rings. The number of amides is 1. The minimum Gasteiger partial charge on any atom is -0.496 e. The number of nitrogens with zero attached hydrogens (tertiary/aromatic N) is 1. The lowest BCUT2D eigenvalue weighted by Gasteiger charge is -2.15. The van der Waals surface area contributed by atoms with Crippen LogP contribution in [0, 0.1) is 0 Å². The highest BCUT2D eigenvalue weighted by Gasteiger charge is 2.23. The Morgan fingerprint density at radius 3 is 2.31 bits per heavy atom. The van der Waals surface area contributed by atoms with Gasteiger partial charge in [-0.05, 0) is 24.3 Å². The minimum absolute atomic E-state index is 0.0602. The maximum atomic E-state index is 12.5. The van der Waals surface area contributed by atoms with Crippen LogP contribution in [0.1, 0.15) is 15.9 Å². The molecule has 2 aromatic rings. The van der Waals surface area contributed by atoms with Gasteiger partial charge in [0, 0.05) is 31.8 Å². The van der Waals surface area contributed by atoms with Crippen molar-refractivity contribution in [1.29, 1.82) is 0 Å². The molecule has 0 radical (unpaired) electrons. The highest BCUT2D eigenvalue weighted by molar-refractivity contribution is 7.89. The fourth-order valence-electron chi connectivity index (χ4n) is 2.34. The first-order chi connectivity index (χ1) is 12.3. The molecule has 0 bridgehead atoms. The van der Waals surface area contributed by atoms with Gasteiger partial charge in [-0.2, -0.15) is 0 Å². The van der Waals surface area contributed by atoms with E-state index in [1.807, 2.05) is 18.2 Å². The third-order valence-electron chi connectivity index (χ3n) is 3.82. The van der Waals surface area contributed by atoms with E-state index < -0.39 is 15.9 Å². The molecule has 8 heteroatoms. The monoisotopic (exact) mass is 378 g/mol. The molecule has 0 unspecified atom stereocenters. The van der Waals surface area contributed by atoms with Gasteiger partial charge in [0.2, 0.25) is 10.0 Å². The molecule has 0 atom stereocenters. The van der Waals surface area contributed by atoms with Crippen LogP contribution in [-0.4, -0.2) is 46.9 Å². The molecule has 0 saturated heterocycles. The molecule has 0 saturated carbocycles. The predicted molar refractivity (Wildman–Crippen MR) is 98.0 cm³/mol. The van der Waals surface area contributed by atoms with Crippen LogP contribution in [0.4, 0.5) is 0 Å². The highest BCUT2D eigenvalue weighted by Crippen LogP contribution is 2.27. The zero-order valence-electron chi connectivity index (χ0n) is 15.1. The van der Waals surface area contributed by atoms with Crippen molar-refractivity contribution in [1.82, 2.24) is 9.62 Å². The largest absolute Gasteiger partial charge is 0.496 e. The first-order valence-electron chi connectivity index (χ1n) is 7.82. The number of hydrogen-bond acceptors (Lipinski definition) is 5. The van der Waals surface area contributed by atoms with Gasteiger partial charge >= 0.3 is 0 Å². The molecule has 0 aliphatic heterocycles. The van der Waals surface area contributed by atoms with E-state index in [2.05, 4.69) is 5.32 Å². The number of ether oxygens (including phenoxy) is 2. The fourth-order valence-corrected chi connectivity index (χ4v) is 3.42. The van der Waals surface area contributed by atoms with Crippen molar-refractivity contribution in [3.8, 4) is 11.5 Å². The molecular weight excluding hydrogens is 356 g/mol. The van der Waals surface area contributed by atoms with E-state index in [1.165, 1.54) is 39.4 Å². The number of benzene rings is 2. The summed E-state index contributed by atoms with van der Waals surface area (Å²) >= 11 is 0. The molecule has 0 spiro atoms. The molecule has 140 valence electrons. The smallest absolute Gasteiger partial charge is 0.251 e. The fraction of sp³-hybridized carbons (Fsp3) is 0.278. The van der Waals surface area contributed by atoms with E-state index >= 15 is 0 Å². The maximum absolute atomic E-state index is 12.5. The van der Waals surface area contributed by atoms with Crippen LogP contribution in [0.2, 0.25) is 0 Å². The summed E-state index contributed by atoms with van der Waals surface area (Å²) in [6.07, 6.45) is 0. The van der Waals surface area contributed by atoms with Crippen LogP contribution >= 0.6 is 0 Å². The first kappa shape index (κ1) is 19.7. The van der Waals surface area contributed by atoms with Crippen LogP contribution < -0.4 is 14.8 Å². The Balaban J connectivity index is 2.27. The molecule has 1 N–H and O–H groups in total. The zero-order chi connectivity index (χ0) is 19.3. The summed E-state index contributed by atoms with van der Waals surface area (Å²) in [6.45, 7) is 0.255. The van der Waals surface area contributed by atoms with Gasteiger partial charge in [-0.1, -0.05) is 18.2 Å². The van der Waals surface area contributed by atoms with E-state index in [9.17, 15) is 13.2 Å². The van der Waals surface area contributed by atoms with E-state index in [-0.39, 0.29) is 22.8 Å². The Labute approximate surface area is 153 Å². The summed E-state index contributed by atoms with van der Waals surface area (Å²) in [5.41, 5.74) is 1.04. The topological polar surface area (TPSA) is 84.9 Å². The SMILES string of the molecule is COc1ccccc1CNC(=O)c1ccc(OC)c(S(=O)(=O)N(C)C)c1. The van der Waals surface area contributed by atoms with Gasteiger partial charge < -0.3 is 14.8 Å². The quantitative estimate of drug-likeness (QED) is 0.795. The van der Waals surface area contributed by atoms with Crippen molar-refractivity contribution >= 4 is 15.9 Å². The highest BCUT2D eigenvalue weighted by atomic mass is 32.2. The van der Waals surface area contributed by atoms with Gasteiger partial charge in [0.05, 0.1) is 14.2 Å². The van der Waals surface area contributed by atoms with Gasteiger partial charge in [-0.3, -0.25) is 4.79 Å². The molecular formula is C18H22N2O5S. The number of nitrogens with one attached hydrogen (secondary N) is 1. The summed E-state index contributed by atoms with van der Waals surface area (Å²) in [6, 6.07) is 11.6. The third kappa shape index (κ3) is 4.14. The molecule has 1 amide bonds. The Morgan fingerprint density at radius 2 is 1.69 bits per heavy atom. The van der Waals surface area contributed by atoms with Crippen molar-refractivity contribution in [2.75, 3.05) is 28.3 Å². The van der Waals surface area contributed by atoms with Crippen molar-refractivity contribution < 1.29 is 22.7 Å². The lowest BCUT2D eigenvalue weighted by Crippen LogP contribution is -2.25. The minimum atomic E-state index is -3.75. The number of methoxy groups -OCH3 is 2. The Morgan fingerprint density at radius 1 is 1.04 bits per heavy atom. The summed E-state index contributed by atoms with van der Waals surface area (Å²) < 4.78 is 36.3.